The monoisotopic (exact) mass is 258 g/mol. The summed E-state index contributed by atoms with van der Waals surface area (Å²) in [5, 5.41) is 0.118. The first kappa shape index (κ1) is 12.7. The van der Waals surface area contributed by atoms with Crippen molar-refractivity contribution in [3.8, 4) is 11.8 Å². The van der Waals surface area contributed by atoms with Gasteiger partial charge in [0.15, 0.2) is 0 Å². The third kappa shape index (κ3) is 3.12. The van der Waals surface area contributed by atoms with Gasteiger partial charge in [0, 0.05) is 11.1 Å². The quantitative estimate of drug-likeness (QED) is 0.664. The number of hydrogen-bond acceptors (Lipinski definition) is 0. The van der Waals surface area contributed by atoms with E-state index in [9.17, 15) is 4.39 Å². The maximum Gasteiger partial charge on any atom is 0.143 e. The lowest BCUT2D eigenvalue weighted by Crippen LogP contribution is -1.82. The highest BCUT2D eigenvalue weighted by molar-refractivity contribution is 6.30. The van der Waals surface area contributed by atoms with Crippen molar-refractivity contribution in [2.45, 2.75) is 13.3 Å². The van der Waals surface area contributed by atoms with Crippen LogP contribution in [0.4, 0.5) is 4.39 Å². The molecule has 0 aliphatic heterocycles. The van der Waals surface area contributed by atoms with E-state index in [0.29, 0.717) is 5.56 Å². The average Bonchev–Trinajstić information content (AvgIpc) is 2.41. The summed E-state index contributed by atoms with van der Waals surface area (Å²) in [5.74, 6) is 5.48. The van der Waals surface area contributed by atoms with Crippen LogP contribution in [0, 0.1) is 17.7 Å². The number of aryl methyl sites for hydroxylation is 1. The first-order valence-electron chi connectivity index (χ1n) is 5.75. The van der Waals surface area contributed by atoms with Gasteiger partial charge in [-0.2, -0.15) is 0 Å². The van der Waals surface area contributed by atoms with Crippen molar-refractivity contribution in [1.29, 1.82) is 0 Å². The standard InChI is InChI=1S/C16H12ClF/c1-2-12-3-5-13(6-4-12)7-8-14-9-10-15(17)16(18)11-14/h3-6,9-11H,2H2,1H3. The molecular weight excluding hydrogens is 247 g/mol. The van der Waals surface area contributed by atoms with Crippen LogP contribution in [0.3, 0.4) is 0 Å². The number of hydrogen-bond donors (Lipinski definition) is 0. The van der Waals surface area contributed by atoms with E-state index in [1.165, 1.54) is 17.7 Å². The van der Waals surface area contributed by atoms with Crippen LogP contribution in [0.1, 0.15) is 23.6 Å². The summed E-state index contributed by atoms with van der Waals surface area (Å²) in [4.78, 5) is 0. The highest BCUT2D eigenvalue weighted by Crippen LogP contribution is 2.15. The summed E-state index contributed by atoms with van der Waals surface area (Å²) in [6, 6.07) is 12.6. The van der Waals surface area contributed by atoms with Crippen molar-refractivity contribution < 1.29 is 4.39 Å². The molecule has 0 spiro atoms. The summed E-state index contributed by atoms with van der Waals surface area (Å²) in [6.45, 7) is 2.11. The zero-order valence-electron chi connectivity index (χ0n) is 10.0. The fourth-order valence-corrected chi connectivity index (χ4v) is 1.66. The predicted molar refractivity (Wildman–Crippen MR) is 73.2 cm³/mol. The van der Waals surface area contributed by atoms with Gasteiger partial charge in [0.05, 0.1) is 5.02 Å². The van der Waals surface area contributed by atoms with Crippen LogP contribution in [-0.2, 0) is 6.42 Å². The third-order valence-corrected chi connectivity index (χ3v) is 2.94. The zero-order valence-corrected chi connectivity index (χ0v) is 10.8. The van der Waals surface area contributed by atoms with Crippen LogP contribution in [0.2, 0.25) is 5.02 Å². The normalized spacial score (nSPS) is 9.72. The van der Waals surface area contributed by atoms with Crippen LogP contribution >= 0.6 is 11.6 Å². The number of halogens is 2. The molecule has 0 saturated heterocycles. The minimum atomic E-state index is -0.440. The van der Waals surface area contributed by atoms with Gasteiger partial charge in [-0.25, -0.2) is 4.39 Å². The van der Waals surface area contributed by atoms with Gasteiger partial charge in [0.1, 0.15) is 5.82 Å². The Morgan fingerprint density at radius 1 is 1.00 bits per heavy atom. The molecule has 0 bridgehead atoms. The van der Waals surface area contributed by atoms with E-state index in [4.69, 9.17) is 11.6 Å². The molecule has 2 aromatic carbocycles. The minimum absolute atomic E-state index is 0.118. The Kier molecular flexibility index (Phi) is 4.02. The van der Waals surface area contributed by atoms with Gasteiger partial charge in [-0.3, -0.25) is 0 Å². The van der Waals surface area contributed by atoms with Crippen molar-refractivity contribution in [2.75, 3.05) is 0 Å². The molecule has 2 aromatic rings. The largest absolute Gasteiger partial charge is 0.205 e. The summed E-state index contributed by atoms with van der Waals surface area (Å²) in [7, 11) is 0. The fraction of sp³-hybridized carbons (Fsp3) is 0.125. The second-order valence-corrected chi connectivity index (χ2v) is 4.34. The first-order valence-corrected chi connectivity index (χ1v) is 6.13. The van der Waals surface area contributed by atoms with Gasteiger partial charge in [-0.15, -0.1) is 0 Å². The molecule has 0 saturated carbocycles. The van der Waals surface area contributed by atoms with Crippen molar-refractivity contribution in [3.63, 3.8) is 0 Å². The molecule has 90 valence electrons. The van der Waals surface area contributed by atoms with E-state index in [2.05, 4.69) is 18.8 Å². The molecule has 0 amide bonds. The number of rotatable bonds is 1. The van der Waals surface area contributed by atoms with Crippen LogP contribution in [-0.4, -0.2) is 0 Å². The fourth-order valence-electron chi connectivity index (χ4n) is 1.54. The minimum Gasteiger partial charge on any atom is -0.205 e. The van der Waals surface area contributed by atoms with Crippen molar-refractivity contribution >= 4 is 11.6 Å². The van der Waals surface area contributed by atoms with Crippen LogP contribution in [0.5, 0.6) is 0 Å². The summed E-state index contributed by atoms with van der Waals surface area (Å²) in [5.41, 5.74) is 2.82. The van der Waals surface area contributed by atoms with Gasteiger partial charge in [0.2, 0.25) is 0 Å². The molecule has 0 radical (unpaired) electrons. The topological polar surface area (TPSA) is 0 Å². The zero-order chi connectivity index (χ0) is 13.0. The maximum absolute atomic E-state index is 13.2. The van der Waals surface area contributed by atoms with E-state index in [1.54, 1.807) is 6.07 Å². The molecule has 0 aliphatic rings. The lowest BCUT2D eigenvalue weighted by Gasteiger charge is -1.96. The van der Waals surface area contributed by atoms with E-state index < -0.39 is 5.82 Å². The average molecular weight is 259 g/mol. The Morgan fingerprint density at radius 3 is 2.22 bits per heavy atom. The SMILES string of the molecule is CCc1ccc(C#Cc2ccc(Cl)c(F)c2)cc1. The lowest BCUT2D eigenvalue weighted by molar-refractivity contribution is 0.628. The molecule has 0 heterocycles. The Hall–Kier alpha value is -1.78. The Bertz CT molecular complexity index is 603. The molecule has 0 aromatic heterocycles. The van der Waals surface area contributed by atoms with Gasteiger partial charge >= 0.3 is 0 Å². The van der Waals surface area contributed by atoms with Crippen molar-refractivity contribution in [1.82, 2.24) is 0 Å². The molecule has 0 aliphatic carbocycles. The Balaban J connectivity index is 2.22. The third-order valence-electron chi connectivity index (χ3n) is 2.63. The molecule has 0 N–H and O–H groups in total. The van der Waals surface area contributed by atoms with E-state index in [0.717, 1.165) is 12.0 Å². The molecule has 0 atom stereocenters. The van der Waals surface area contributed by atoms with E-state index >= 15 is 0 Å². The van der Waals surface area contributed by atoms with Crippen LogP contribution < -0.4 is 0 Å². The molecule has 0 nitrogen and oxygen atoms in total. The second-order valence-electron chi connectivity index (χ2n) is 3.93. The van der Waals surface area contributed by atoms with Crippen LogP contribution in [0.15, 0.2) is 42.5 Å². The molecular formula is C16H12ClF. The summed E-state index contributed by atoms with van der Waals surface area (Å²) < 4.78 is 13.2. The van der Waals surface area contributed by atoms with Gasteiger partial charge < -0.3 is 0 Å². The molecule has 0 fully saturated rings. The van der Waals surface area contributed by atoms with Crippen molar-refractivity contribution in [3.05, 3.63) is 70.0 Å². The van der Waals surface area contributed by atoms with Gasteiger partial charge in [-0.05, 0) is 42.3 Å². The smallest absolute Gasteiger partial charge is 0.143 e. The highest BCUT2D eigenvalue weighted by atomic mass is 35.5. The molecule has 18 heavy (non-hydrogen) atoms. The maximum atomic E-state index is 13.2. The summed E-state index contributed by atoms with van der Waals surface area (Å²) >= 11 is 5.61. The molecule has 2 heteroatoms. The Morgan fingerprint density at radius 2 is 1.61 bits per heavy atom. The summed E-state index contributed by atoms with van der Waals surface area (Å²) in [6.07, 6.45) is 1.01. The van der Waals surface area contributed by atoms with Gasteiger partial charge in [-0.1, -0.05) is 42.5 Å². The van der Waals surface area contributed by atoms with Crippen molar-refractivity contribution in [2.24, 2.45) is 0 Å². The first-order chi connectivity index (χ1) is 8.69. The molecule has 2 rings (SSSR count). The van der Waals surface area contributed by atoms with Crippen LogP contribution in [0.25, 0.3) is 0 Å². The predicted octanol–water partition coefficient (Wildman–Crippen LogP) is 4.44. The highest BCUT2D eigenvalue weighted by Gasteiger charge is 1.98. The number of benzene rings is 2. The second kappa shape index (κ2) is 5.71. The Labute approximate surface area is 111 Å². The lowest BCUT2D eigenvalue weighted by atomic mass is 10.1. The van der Waals surface area contributed by atoms with E-state index in [-0.39, 0.29) is 5.02 Å². The molecule has 0 unspecified atom stereocenters. The van der Waals surface area contributed by atoms with E-state index in [1.807, 2.05) is 24.3 Å². The van der Waals surface area contributed by atoms with Gasteiger partial charge in [0.25, 0.3) is 0 Å².